The summed E-state index contributed by atoms with van der Waals surface area (Å²) in [5.41, 5.74) is 2.67. The summed E-state index contributed by atoms with van der Waals surface area (Å²) in [7, 11) is 2.20. The van der Waals surface area contributed by atoms with E-state index < -0.39 is 0 Å². The van der Waals surface area contributed by atoms with Gasteiger partial charge in [0.1, 0.15) is 0 Å². The van der Waals surface area contributed by atoms with E-state index in [-0.39, 0.29) is 0 Å². The molecule has 0 unspecified atom stereocenters. The lowest BCUT2D eigenvalue weighted by Crippen LogP contribution is -2.25. The van der Waals surface area contributed by atoms with Crippen molar-refractivity contribution in [2.75, 3.05) is 33.3 Å². The average molecular weight is 290 g/mol. The maximum atomic E-state index is 5.77. The first-order valence-corrected chi connectivity index (χ1v) is 8.36. The van der Waals surface area contributed by atoms with Crippen LogP contribution in [0.25, 0.3) is 0 Å². The number of nitrogens with zero attached hydrogens (tertiary/aromatic N) is 1. The van der Waals surface area contributed by atoms with Crippen molar-refractivity contribution >= 4 is 0 Å². The fourth-order valence-electron chi connectivity index (χ4n) is 2.43. The number of hydrogen-bond acceptors (Lipinski definition) is 3. The third-order valence-electron chi connectivity index (χ3n) is 4.07. The van der Waals surface area contributed by atoms with Crippen LogP contribution in [0, 0.1) is 0 Å². The van der Waals surface area contributed by atoms with Crippen LogP contribution < -0.4 is 5.32 Å². The Kier molecular flexibility index (Phi) is 7.20. The molecule has 0 amide bonds. The van der Waals surface area contributed by atoms with Crippen molar-refractivity contribution in [3.05, 3.63) is 35.4 Å². The molecule has 2 rings (SSSR count). The van der Waals surface area contributed by atoms with Crippen LogP contribution >= 0.6 is 0 Å². The van der Waals surface area contributed by atoms with Gasteiger partial charge in [0.05, 0.1) is 13.2 Å². The lowest BCUT2D eigenvalue weighted by molar-refractivity contribution is 0.0978. The van der Waals surface area contributed by atoms with E-state index in [1.165, 1.54) is 30.4 Å². The minimum atomic E-state index is 0.729. The van der Waals surface area contributed by atoms with Gasteiger partial charge < -0.3 is 15.0 Å². The van der Waals surface area contributed by atoms with Gasteiger partial charge >= 0.3 is 0 Å². The first kappa shape index (κ1) is 16.5. The van der Waals surface area contributed by atoms with E-state index in [4.69, 9.17) is 4.74 Å². The van der Waals surface area contributed by atoms with Crippen LogP contribution in [0.1, 0.15) is 37.3 Å². The number of rotatable bonds is 11. The van der Waals surface area contributed by atoms with Gasteiger partial charge in [-0.1, -0.05) is 31.2 Å². The molecule has 1 saturated carbocycles. The zero-order valence-corrected chi connectivity index (χ0v) is 13.6. The van der Waals surface area contributed by atoms with Crippen LogP contribution in [0.4, 0.5) is 0 Å². The Morgan fingerprint density at radius 3 is 2.52 bits per heavy atom. The summed E-state index contributed by atoms with van der Waals surface area (Å²) >= 11 is 0. The third-order valence-corrected chi connectivity index (χ3v) is 4.07. The monoisotopic (exact) mass is 290 g/mol. The predicted molar refractivity (Wildman–Crippen MR) is 88.6 cm³/mol. The second kappa shape index (κ2) is 9.19. The number of nitrogens with one attached hydrogen (secondary N) is 1. The fraction of sp³-hybridized carbons (Fsp3) is 0.667. The largest absolute Gasteiger partial charge is 0.375 e. The number of benzene rings is 1. The SMILES string of the molecule is CCCNCCc1ccc(COCCN(C)C2CC2)cc1. The third kappa shape index (κ3) is 6.60. The molecule has 3 heteroatoms. The summed E-state index contributed by atoms with van der Waals surface area (Å²) < 4.78 is 5.77. The van der Waals surface area contributed by atoms with Crippen molar-refractivity contribution in [2.45, 2.75) is 45.3 Å². The van der Waals surface area contributed by atoms with E-state index in [0.29, 0.717) is 0 Å². The van der Waals surface area contributed by atoms with E-state index >= 15 is 0 Å². The minimum Gasteiger partial charge on any atom is -0.375 e. The van der Waals surface area contributed by atoms with Crippen molar-refractivity contribution in [3.63, 3.8) is 0 Å². The van der Waals surface area contributed by atoms with Gasteiger partial charge in [0, 0.05) is 12.6 Å². The van der Waals surface area contributed by atoms with Crippen LogP contribution in [0.2, 0.25) is 0 Å². The Morgan fingerprint density at radius 2 is 1.86 bits per heavy atom. The highest BCUT2D eigenvalue weighted by Gasteiger charge is 2.25. The molecular formula is C18H30N2O. The van der Waals surface area contributed by atoms with Crippen molar-refractivity contribution in [1.29, 1.82) is 0 Å². The normalized spacial score (nSPS) is 14.8. The molecule has 3 nitrogen and oxygen atoms in total. The van der Waals surface area contributed by atoms with E-state index in [9.17, 15) is 0 Å². The smallest absolute Gasteiger partial charge is 0.0717 e. The number of ether oxygens (including phenoxy) is 1. The maximum Gasteiger partial charge on any atom is 0.0717 e. The second-order valence-corrected chi connectivity index (χ2v) is 6.08. The summed E-state index contributed by atoms with van der Waals surface area (Å²) in [4.78, 5) is 2.41. The van der Waals surface area contributed by atoms with Crippen LogP contribution in [0.5, 0.6) is 0 Å². The molecule has 0 aromatic heterocycles. The fourth-order valence-corrected chi connectivity index (χ4v) is 2.43. The molecule has 21 heavy (non-hydrogen) atoms. The van der Waals surface area contributed by atoms with Gasteiger partial charge in [0.15, 0.2) is 0 Å². The number of hydrogen-bond donors (Lipinski definition) is 1. The lowest BCUT2D eigenvalue weighted by atomic mass is 10.1. The molecule has 118 valence electrons. The maximum absolute atomic E-state index is 5.77. The summed E-state index contributed by atoms with van der Waals surface area (Å²) in [5.74, 6) is 0. The molecular weight excluding hydrogens is 260 g/mol. The first-order valence-electron chi connectivity index (χ1n) is 8.36. The average Bonchev–Trinajstić information content (AvgIpc) is 3.34. The van der Waals surface area contributed by atoms with E-state index in [1.54, 1.807) is 0 Å². The summed E-state index contributed by atoms with van der Waals surface area (Å²) in [6, 6.07) is 9.67. The Balaban J connectivity index is 1.58. The molecule has 1 aliphatic rings. The molecule has 1 N–H and O–H groups in total. The molecule has 1 fully saturated rings. The van der Waals surface area contributed by atoms with E-state index in [2.05, 4.69) is 48.5 Å². The Hall–Kier alpha value is -0.900. The highest BCUT2D eigenvalue weighted by Crippen LogP contribution is 2.24. The molecule has 0 heterocycles. The summed E-state index contributed by atoms with van der Waals surface area (Å²) in [6.45, 7) is 6.98. The van der Waals surface area contributed by atoms with Gasteiger partial charge in [-0.15, -0.1) is 0 Å². The second-order valence-electron chi connectivity index (χ2n) is 6.08. The Bertz CT molecular complexity index is 387. The summed E-state index contributed by atoms with van der Waals surface area (Å²) in [5, 5.41) is 3.44. The van der Waals surface area contributed by atoms with Crippen LogP contribution in [-0.4, -0.2) is 44.2 Å². The Labute approximate surface area is 129 Å². The molecule has 0 spiro atoms. The van der Waals surface area contributed by atoms with Gasteiger partial charge in [0.25, 0.3) is 0 Å². The molecule has 0 aliphatic heterocycles. The van der Waals surface area contributed by atoms with Gasteiger partial charge in [-0.2, -0.15) is 0 Å². The minimum absolute atomic E-state index is 0.729. The lowest BCUT2D eigenvalue weighted by Gasteiger charge is -2.15. The molecule has 0 bridgehead atoms. The van der Waals surface area contributed by atoms with Crippen LogP contribution in [0.15, 0.2) is 24.3 Å². The molecule has 1 aromatic rings. The highest BCUT2D eigenvalue weighted by atomic mass is 16.5. The topological polar surface area (TPSA) is 24.5 Å². The highest BCUT2D eigenvalue weighted by molar-refractivity contribution is 5.22. The van der Waals surface area contributed by atoms with Gasteiger partial charge in [-0.25, -0.2) is 0 Å². The Morgan fingerprint density at radius 1 is 1.14 bits per heavy atom. The van der Waals surface area contributed by atoms with E-state index in [0.717, 1.165) is 45.3 Å². The zero-order chi connectivity index (χ0) is 14.9. The van der Waals surface area contributed by atoms with Crippen molar-refractivity contribution in [2.24, 2.45) is 0 Å². The zero-order valence-electron chi connectivity index (χ0n) is 13.6. The quantitative estimate of drug-likeness (QED) is 0.634. The molecule has 1 aromatic carbocycles. The predicted octanol–water partition coefficient (Wildman–Crippen LogP) is 2.84. The van der Waals surface area contributed by atoms with Crippen LogP contribution in [0.3, 0.4) is 0 Å². The standard InChI is InChI=1S/C18H30N2O/c1-3-11-19-12-10-16-4-6-17(7-5-16)15-21-14-13-20(2)18-8-9-18/h4-7,18-19H,3,8-15H2,1-2H3. The number of likely N-dealkylation sites (N-methyl/N-ethyl adjacent to an activating group) is 1. The van der Waals surface area contributed by atoms with Gasteiger partial charge in [-0.3, -0.25) is 0 Å². The molecule has 1 aliphatic carbocycles. The summed E-state index contributed by atoms with van der Waals surface area (Å²) in [6.07, 6.45) is 5.04. The van der Waals surface area contributed by atoms with Gasteiger partial charge in [0.2, 0.25) is 0 Å². The molecule has 0 saturated heterocycles. The van der Waals surface area contributed by atoms with Crippen molar-refractivity contribution < 1.29 is 4.74 Å². The van der Waals surface area contributed by atoms with Crippen molar-refractivity contribution in [1.82, 2.24) is 10.2 Å². The van der Waals surface area contributed by atoms with Crippen LogP contribution in [-0.2, 0) is 17.8 Å². The van der Waals surface area contributed by atoms with E-state index in [1.807, 2.05) is 0 Å². The van der Waals surface area contributed by atoms with Gasteiger partial charge in [-0.05, 0) is 56.9 Å². The molecule has 0 radical (unpaired) electrons. The molecule has 0 atom stereocenters. The first-order chi connectivity index (χ1) is 10.3. The van der Waals surface area contributed by atoms with Crippen molar-refractivity contribution in [3.8, 4) is 0 Å².